The van der Waals surface area contributed by atoms with Gasteiger partial charge in [-0.25, -0.2) is 9.59 Å². The minimum Gasteiger partial charge on any atom is -0.450 e. The standard InChI is InChI=1S/C17H25N3O4/c1-4-23-17(22)19-15-9-5-8-14(12(15)2)18-16(21)20(3)11-13-7-6-10-24-13/h5,8-9,13H,4,6-7,10-11H2,1-3H3,(H,18,21)(H,19,22)/t13-/m1/s1. The summed E-state index contributed by atoms with van der Waals surface area (Å²) in [5, 5.41) is 5.54. The van der Waals surface area contributed by atoms with Crippen LogP contribution in [0.1, 0.15) is 25.3 Å². The molecule has 1 heterocycles. The van der Waals surface area contributed by atoms with Gasteiger partial charge in [-0.3, -0.25) is 5.32 Å². The van der Waals surface area contributed by atoms with Crippen LogP contribution in [-0.2, 0) is 9.47 Å². The highest BCUT2D eigenvalue weighted by Crippen LogP contribution is 2.24. The molecular weight excluding hydrogens is 310 g/mol. The molecule has 132 valence electrons. The van der Waals surface area contributed by atoms with Crippen LogP contribution in [-0.4, -0.2) is 49.9 Å². The minimum absolute atomic E-state index is 0.110. The molecule has 1 aliphatic rings. The van der Waals surface area contributed by atoms with E-state index in [4.69, 9.17) is 9.47 Å². The Bertz CT molecular complexity index is 585. The third kappa shape index (κ3) is 4.86. The first kappa shape index (κ1) is 18.1. The van der Waals surface area contributed by atoms with Gasteiger partial charge in [0.1, 0.15) is 0 Å². The maximum Gasteiger partial charge on any atom is 0.411 e. The molecule has 0 saturated carbocycles. The van der Waals surface area contributed by atoms with E-state index in [2.05, 4.69) is 10.6 Å². The highest BCUT2D eigenvalue weighted by atomic mass is 16.5. The van der Waals surface area contributed by atoms with Crippen LogP contribution >= 0.6 is 0 Å². The summed E-state index contributed by atoms with van der Waals surface area (Å²) in [5.74, 6) is 0. The summed E-state index contributed by atoms with van der Waals surface area (Å²) in [6.07, 6.45) is 1.62. The normalized spacial score (nSPS) is 16.5. The smallest absolute Gasteiger partial charge is 0.411 e. The van der Waals surface area contributed by atoms with Gasteiger partial charge in [-0.1, -0.05) is 6.07 Å². The van der Waals surface area contributed by atoms with Crippen molar-refractivity contribution in [2.24, 2.45) is 0 Å². The average molecular weight is 335 g/mol. The van der Waals surface area contributed by atoms with Crippen LogP contribution in [0.4, 0.5) is 21.0 Å². The molecule has 0 radical (unpaired) electrons. The van der Waals surface area contributed by atoms with Crippen LogP contribution in [0, 0.1) is 6.92 Å². The van der Waals surface area contributed by atoms with E-state index in [0.717, 1.165) is 25.0 Å². The largest absolute Gasteiger partial charge is 0.450 e. The number of urea groups is 1. The number of likely N-dealkylation sites (N-methyl/N-ethyl adjacent to an activating group) is 1. The van der Waals surface area contributed by atoms with E-state index in [1.807, 2.05) is 6.92 Å². The molecule has 3 amide bonds. The molecule has 7 nitrogen and oxygen atoms in total. The molecule has 0 aliphatic carbocycles. The van der Waals surface area contributed by atoms with Crippen molar-refractivity contribution in [2.75, 3.05) is 37.4 Å². The van der Waals surface area contributed by atoms with E-state index in [-0.39, 0.29) is 12.1 Å². The molecule has 0 unspecified atom stereocenters. The topological polar surface area (TPSA) is 79.9 Å². The van der Waals surface area contributed by atoms with Gasteiger partial charge in [-0.15, -0.1) is 0 Å². The number of hydrogen-bond donors (Lipinski definition) is 2. The van der Waals surface area contributed by atoms with E-state index in [1.54, 1.807) is 37.1 Å². The first-order chi connectivity index (χ1) is 11.5. The van der Waals surface area contributed by atoms with Gasteiger partial charge in [0.25, 0.3) is 0 Å². The lowest BCUT2D eigenvalue weighted by Gasteiger charge is -2.22. The van der Waals surface area contributed by atoms with Crippen molar-refractivity contribution in [1.82, 2.24) is 4.90 Å². The van der Waals surface area contributed by atoms with Gasteiger partial charge in [0.05, 0.1) is 12.7 Å². The molecule has 1 fully saturated rings. The minimum atomic E-state index is -0.514. The van der Waals surface area contributed by atoms with Crippen molar-refractivity contribution < 1.29 is 19.1 Å². The summed E-state index contributed by atoms with van der Waals surface area (Å²) < 4.78 is 10.4. The molecule has 7 heteroatoms. The SMILES string of the molecule is CCOC(=O)Nc1cccc(NC(=O)N(C)C[C@H]2CCCO2)c1C. The number of nitrogens with zero attached hydrogens (tertiary/aromatic N) is 1. The van der Waals surface area contributed by atoms with E-state index < -0.39 is 6.09 Å². The van der Waals surface area contributed by atoms with Crippen molar-refractivity contribution in [2.45, 2.75) is 32.8 Å². The molecule has 1 aromatic rings. The highest BCUT2D eigenvalue weighted by molar-refractivity contribution is 5.93. The predicted molar refractivity (Wildman–Crippen MR) is 92.4 cm³/mol. The Labute approximate surface area is 142 Å². The first-order valence-electron chi connectivity index (χ1n) is 8.18. The Morgan fingerprint density at radius 2 is 2.04 bits per heavy atom. The maximum atomic E-state index is 12.3. The number of carbonyl (C=O) groups is 2. The average Bonchev–Trinajstić information content (AvgIpc) is 3.04. The van der Waals surface area contributed by atoms with Crippen molar-refractivity contribution in [3.63, 3.8) is 0 Å². The molecular formula is C17H25N3O4. The van der Waals surface area contributed by atoms with Crippen molar-refractivity contribution in [3.05, 3.63) is 23.8 Å². The molecule has 2 N–H and O–H groups in total. The molecule has 1 saturated heterocycles. The molecule has 0 bridgehead atoms. The summed E-state index contributed by atoms with van der Waals surface area (Å²) in [6.45, 7) is 5.20. The Morgan fingerprint density at radius 3 is 2.67 bits per heavy atom. The number of anilines is 2. The molecule has 1 atom stereocenters. The lowest BCUT2D eigenvalue weighted by atomic mass is 10.1. The summed E-state index contributed by atoms with van der Waals surface area (Å²) in [6, 6.07) is 5.12. The molecule has 2 rings (SSSR count). The maximum absolute atomic E-state index is 12.3. The number of amides is 3. The molecule has 1 aliphatic heterocycles. The monoisotopic (exact) mass is 335 g/mol. The van der Waals surface area contributed by atoms with Crippen LogP contribution in [0.25, 0.3) is 0 Å². The third-order valence-electron chi connectivity index (χ3n) is 3.94. The zero-order valence-electron chi connectivity index (χ0n) is 14.4. The van der Waals surface area contributed by atoms with Gasteiger partial charge in [0.15, 0.2) is 0 Å². The Balaban J connectivity index is 1.98. The molecule has 0 aromatic heterocycles. The zero-order valence-corrected chi connectivity index (χ0v) is 14.4. The second-order valence-corrected chi connectivity index (χ2v) is 5.77. The fourth-order valence-corrected chi connectivity index (χ4v) is 2.57. The highest BCUT2D eigenvalue weighted by Gasteiger charge is 2.20. The van der Waals surface area contributed by atoms with Gasteiger partial charge < -0.3 is 19.7 Å². The zero-order chi connectivity index (χ0) is 17.5. The summed E-state index contributed by atoms with van der Waals surface area (Å²) >= 11 is 0. The van der Waals surface area contributed by atoms with E-state index in [0.29, 0.717) is 24.5 Å². The second-order valence-electron chi connectivity index (χ2n) is 5.77. The number of rotatable bonds is 5. The fraction of sp³-hybridized carbons (Fsp3) is 0.529. The predicted octanol–water partition coefficient (Wildman–Crippen LogP) is 3.21. The fourth-order valence-electron chi connectivity index (χ4n) is 2.57. The number of ether oxygens (including phenoxy) is 2. The Hall–Kier alpha value is -2.28. The lowest BCUT2D eigenvalue weighted by molar-refractivity contribution is 0.0894. The number of benzene rings is 1. The van der Waals surface area contributed by atoms with Crippen LogP contribution in [0.2, 0.25) is 0 Å². The summed E-state index contributed by atoms with van der Waals surface area (Å²) in [7, 11) is 1.74. The molecule has 1 aromatic carbocycles. The van der Waals surface area contributed by atoms with Crippen molar-refractivity contribution in [1.29, 1.82) is 0 Å². The second kappa shape index (κ2) is 8.54. The van der Waals surface area contributed by atoms with E-state index >= 15 is 0 Å². The number of hydrogen-bond acceptors (Lipinski definition) is 4. The van der Waals surface area contributed by atoms with Crippen LogP contribution in [0.15, 0.2) is 18.2 Å². The van der Waals surface area contributed by atoms with Gasteiger partial charge in [0.2, 0.25) is 0 Å². The van der Waals surface area contributed by atoms with E-state index in [9.17, 15) is 9.59 Å². The molecule has 0 spiro atoms. The van der Waals surface area contributed by atoms with Gasteiger partial charge in [-0.05, 0) is 44.4 Å². The summed E-state index contributed by atoms with van der Waals surface area (Å²) in [5.41, 5.74) is 2.02. The van der Waals surface area contributed by atoms with Crippen LogP contribution in [0.3, 0.4) is 0 Å². The lowest BCUT2D eigenvalue weighted by Crippen LogP contribution is -2.37. The Kier molecular flexibility index (Phi) is 6.43. The Morgan fingerprint density at radius 1 is 1.33 bits per heavy atom. The summed E-state index contributed by atoms with van der Waals surface area (Å²) in [4.78, 5) is 25.5. The number of nitrogens with one attached hydrogen (secondary N) is 2. The van der Waals surface area contributed by atoms with Gasteiger partial charge in [0, 0.05) is 31.6 Å². The third-order valence-corrected chi connectivity index (χ3v) is 3.94. The van der Waals surface area contributed by atoms with Crippen LogP contribution in [0.5, 0.6) is 0 Å². The van der Waals surface area contributed by atoms with Crippen molar-refractivity contribution in [3.8, 4) is 0 Å². The van der Waals surface area contributed by atoms with E-state index in [1.165, 1.54) is 0 Å². The van der Waals surface area contributed by atoms with Gasteiger partial charge >= 0.3 is 12.1 Å². The number of carbonyl (C=O) groups excluding carboxylic acids is 2. The molecule has 24 heavy (non-hydrogen) atoms. The van der Waals surface area contributed by atoms with Crippen molar-refractivity contribution >= 4 is 23.5 Å². The quantitative estimate of drug-likeness (QED) is 0.866. The van der Waals surface area contributed by atoms with Gasteiger partial charge in [-0.2, -0.15) is 0 Å². The first-order valence-corrected chi connectivity index (χ1v) is 8.18. The van der Waals surface area contributed by atoms with Crippen LogP contribution < -0.4 is 10.6 Å².